The Hall–Kier alpha value is -2.19. The second-order valence-electron chi connectivity index (χ2n) is 6.79. The first-order valence-electron chi connectivity index (χ1n) is 9.27. The van der Waals surface area contributed by atoms with E-state index in [9.17, 15) is 13.2 Å². The minimum atomic E-state index is -4.41. The molecule has 1 unspecified atom stereocenters. The van der Waals surface area contributed by atoms with Crippen LogP contribution in [0.2, 0.25) is 0 Å². The first kappa shape index (κ1) is 20.5. The van der Waals surface area contributed by atoms with Gasteiger partial charge in [0.2, 0.25) is 0 Å². The number of rotatable bonds is 7. The second-order valence-corrected chi connectivity index (χ2v) is 6.79. The summed E-state index contributed by atoms with van der Waals surface area (Å²) in [5, 5.41) is 0. The molecule has 1 aliphatic rings. The average molecular weight is 395 g/mol. The van der Waals surface area contributed by atoms with Crippen LogP contribution in [0.3, 0.4) is 0 Å². The molecular formula is C20H24F3N3O2. The highest BCUT2D eigenvalue weighted by Gasteiger charge is 2.33. The molecule has 0 bridgehead atoms. The molecule has 3 heterocycles. The molecule has 0 aromatic carbocycles. The molecule has 0 aliphatic carbocycles. The fourth-order valence-electron chi connectivity index (χ4n) is 3.51. The van der Waals surface area contributed by atoms with Gasteiger partial charge in [0, 0.05) is 32.6 Å². The number of hydrogen-bond donors (Lipinski definition) is 0. The van der Waals surface area contributed by atoms with E-state index >= 15 is 0 Å². The number of anilines is 1. The van der Waals surface area contributed by atoms with E-state index in [1.54, 1.807) is 13.3 Å². The number of pyridine rings is 2. The summed E-state index contributed by atoms with van der Waals surface area (Å²) < 4.78 is 49.2. The fraction of sp³-hybridized carbons (Fsp3) is 0.500. The molecule has 0 spiro atoms. The Bertz CT molecular complexity index is 718. The lowest BCUT2D eigenvalue weighted by Crippen LogP contribution is -2.36. The molecule has 0 radical (unpaired) electrons. The van der Waals surface area contributed by atoms with Gasteiger partial charge in [-0.3, -0.25) is 4.98 Å². The van der Waals surface area contributed by atoms with Crippen molar-refractivity contribution in [3.8, 4) is 0 Å². The van der Waals surface area contributed by atoms with Gasteiger partial charge in [-0.15, -0.1) is 0 Å². The molecule has 1 atom stereocenters. The van der Waals surface area contributed by atoms with Gasteiger partial charge in [0.05, 0.1) is 31.2 Å². The van der Waals surface area contributed by atoms with Gasteiger partial charge in [0.25, 0.3) is 0 Å². The molecule has 3 rings (SSSR count). The van der Waals surface area contributed by atoms with Crippen molar-refractivity contribution >= 4 is 5.69 Å². The standard InChI is InChI=1S/C20H24F3N3O2/c1-27-11-12-28-19(16-3-2-8-24-13-16)15-6-9-26(10-7-15)17-4-5-18(25-14-17)20(21,22)23/h2-5,8,13-15,19H,6-7,9-12H2,1H3. The zero-order chi connectivity index (χ0) is 20.0. The van der Waals surface area contributed by atoms with Crippen molar-refractivity contribution in [1.29, 1.82) is 0 Å². The minimum absolute atomic E-state index is 0.0725. The third kappa shape index (κ3) is 5.20. The predicted molar refractivity (Wildman–Crippen MR) is 99.0 cm³/mol. The number of alkyl halides is 3. The predicted octanol–water partition coefficient (Wildman–Crippen LogP) is 4.12. The Morgan fingerprint density at radius 2 is 1.93 bits per heavy atom. The van der Waals surface area contributed by atoms with Crippen LogP contribution in [0.5, 0.6) is 0 Å². The van der Waals surface area contributed by atoms with Gasteiger partial charge < -0.3 is 14.4 Å². The largest absolute Gasteiger partial charge is 0.433 e. The monoisotopic (exact) mass is 395 g/mol. The summed E-state index contributed by atoms with van der Waals surface area (Å²) in [6, 6.07) is 6.43. The maximum absolute atomic E-state index is 12.7. The molecule has 1 fully saturated rings. The molecule has 2 aromatic rings. The number of nitrogens with zero attached hydrogens (tertiary/aromatic N) is 3. The maximum atomic E-state index is 12.7. The third-order valence-electron chi connectivity index (χ3n) is 4.97. The number of methoxy groups -OCH3 is 1. The van der Waals surface area contributed by atoms with E-state index < -0.39 is 11.9 Å². The first-order chi connectivity index (χ1) is 13.5. The van der Waals surface area contributed by atoms with Crippen LogP contribution in [0, 0.1) is 5.92 Å². The number of ether oxygens (including phenoxy) is 2. The molecular weight excluding hydrogens is 371 g/mol. The summed E-state index contributed by atoms with van der Waals surface area (Å²) in [6.07, 6.45) is 2.11. The molecule has 5 nitrogen and oxygen atoms in total. The summed E-state index contributed by atoms with van der Waals surface area (Å²) in [4.78, 5) is 9.83. The smallest absolute Gasteiger partial charge is 0.382 e. The number of aromatic nitrogens is 2. The van der Waals surface area contributed by atoms with E-state index in [1.807, 2.05) is 18.3 Å². The quantitative estimate of drug-likeness (QED) is 0.660. The van der Waals surface area contributed by atoms with E-state index in [2.05, 4.69) is 14.9 Å². The highest BCUT2D eigenvalue weighted by molar-refractivity contribution is 5.45. The van der Waals surface area contributed by atoms with Crippen LogP contribution in [0.4, 0.5) is 18.9 Å². The van der Waals surface area contributed by atoms with Crippen molar-refractivity contribution in [1.82, 2.24) is 9.97 Å². The molecule has 2 aromatic heterocycles. The number of hydrogen-bond acceptors (Lipinski definition) is 5. The van der Waals surface area contributed by atoms with Crippen LogP contribution in [0.15, 0.2) is 42.9 Å². The van der Waals surface area contributed by atoms with E-state index in [4.69, 9.17) is 9.47 Å². The van der Waals surface area contributed by atoms with Crippen molar-refractivity contribution in [3.63, 3.8) is 0 Å². The molecule has 0 N–H and O–H groups in total. The summed E-state index contributed by atoms with van der Waals surface area (Å²) in [5.41, 5.74) is 0.882. The van der Waals surface area contributed by atoms with Gasteiger partial charge in [-0.1, -0.05) is 6.07 Å². The van der Waals surface area contributed by atoms with Crippen molar-refractivity contribution in [2.75, 3.05) is 38.3 Å². The molecule has 152 valence electrons. The SMILES string of the molecule is COCCOC(c1cccnc1)C1CCN(c2ccc(C(F)(F)F)nc2)CC1. The Labute approximate surface area is 162 Å². The molecule has 1 aliphatic heterocycles. The van der Waals surface area contributed by atoms with Crippen LogP contribution in [0.1, 0.15) is 30.2 Å². The van der Waals surface area contributed by atoms with E-state index in [1.165, 1.54) is 12.3 Å². The van der Waals surface area contributed by atoms with Gasteiger partial charge >= 0.3 is 6.18 Å². The van der Waals surface area contributed by atoms with Gasteiger partial charge in [-0.25, -0.2) is 4.98 Å². The highest BCUT2D eigenvalue weighted by Crippen LogP contribution is 2.35. The molecule has 28 heavy (non-hydrogen) atoms. The van der Waals surface area contributed by atoms with Gasteiger partial charge in [-0.05, 0) is 42.5 Å². The van der Waals surface area contributed by atoms with Gasteiger partial charge in [0.15, 0.2) is 0 Å². The van der Waals surface area contributed by atoms with Crippen LogP contribution < -0.4 is 4.90 Å². The Morgan fingerprint density at radius 3 is 2.50 bits per heavy atom. The Balaban J connectivity index is 1.63. The van der Waals surface area contributed by atoms with E-state index in [0.29, 0.717) is 24.8 Å². The summed E-state index contributed by atoms with van der Waals surface area (Å²) in [5.74, 6) is 0.305. The fourth-order valence-corrected chi connectivity index (χ4v) is 3.51. The summed E-state index contributed by atoms with van der Waals surface area (Å²) in [6.45, 7) is 2.50. The minimum Gasteiger partial charge on any atom is -0.382 e. The lowest BCUT2D eigenvalue weighted by atomic mass is 9.87. The van der Waals surface area contributed by atoms with Crippen molar-refractivity contribution in [2.24, 2.45) is 5.92 Å². The lowest BCUT2D eigenvalue weighted by molar-refractivity contribution is -0.141. The third-order valence-corrected chi connectivity index (χ3v) is 4.97. The van der Waals surface area contributed by atoms with E-state index in [0.717, 1.165) is 37.6 Å². The van der Waals surface area contributed by atoms with Gasteiger partial charge in [-0.2, -0.15) is 13.2 Å². The highest BCUT2D eigenvalue weighted by atomic mass is 19.4. The van der Waals surface area contributed by atoms with Crippen molar-refractivity contribution in [3.05, 3.63) is 54.1 Å². The van der Waals surface area contributed by atoms with Crippen LogP contribution >= 0.6 is 0 Å². The zero-order valence-electron chi connectivity index (χ0n) is 15.7. The zero-order valence-corrected chi connectivity index (χ0v) is 15.7. The first-order valence-corrected chi connectivity index (χ1v) is 9.27. The van der Waals surface area contributed by atoms with E-state index in [-0.39, 0.29) is 6.10 Å². The Kier molecular flexibility index (Phi) is 6.85. The van der Waals surface area contributed by atoms with Crippen LogP contribution in [-0.2, 0) is 15.7 Å². The number of piperidine rings is 1. The topological polar surface area (TPSA) is 47.5 Å². The second kappa shape index (κ2) is 9.34. The molecule has 0 saturated carbocycles. The average Bonchev–Trinajstić information content (AvgIpc) is 2.72. The van der Waals surface area contributed by atoms with Crippen LogP contribution in [0.25, 0.3) is 0 Å². The normalized spacial score (nSPS) is 16.9. The Morgan fingerprint density at radius 1 is 1.14 bits per heavy atom. The summed E-state index contributed by atoms with van der Waals surface area (Å²) in [7, 11) is 1.64. The van der Waals surface area contributed by atoms with Gasteiger partial charge in [0.1, 0.15) is 5.69 Å². The summed E-state index contributed by atoms with van der Waals surface area (Å²) >= 11 is 0. The molecule has 1 saturated heterocycles. The molecule has 0 amide bonds. The van der Waals surface area contributed by atoms with Crippen LogP contribution in [-0.4, -0.2) is 43.4 Å². The molecule has 8 heteroatoms. The van der Waals surface area contributed by atoms with Crippen molar-refractivity contribution in [2.45, 2.75) is 25.1 Å². The number of halogens is 3. The lowest BCUT2D eigenvalue weighted by Gasteiger charge is -2.37. The van der Waals surface area contributed by atoms with Crippen molar-refractivity contribution < 1.29 is 22.6 Å². The maximum Gasteiger partial charge on any atom is 0.433 e.